The summed E-state index contributed by atoms with van der Waals surface area (Å²) in [7, 11) is 0. The fraction of sp³-hybridized carbons (Fsp3) is 0.211. The van der Waals surface area contributed by atoms with Gasteiger partial charge < -0.3 is 15.1 Å². The third kappa shape index (κ3) is 5.76. The van der Waals surface area contributed by atoms with E-state index in [1.54, 1.807) is 41.6 Å². The molecule has 6 nitrogen and oxygen atoms in total. The predicted molar refractivity (Wildman–Crippen MR) is 119 cm³/mol. The maximum absolute atomic E-state index is 12.8. The molecule has 0 spiro atoms. The lowest BCUT2D eigenvalue weighted by Gasteiger charge is -2.18. The second kappa shape index (κ2) is 10.2. The van der Waals surface area contributed by atoms with Crippen molar-refractivity contribution in [1.82, 2.24) is 10.3 Å². The lowest BCUT2D eigenvalue weighted by molar-refractivity contribution is -0.118. The molecule has 0 bridgehead atoms. The summed E-state index contributed by atoms with van der Waals surface area (Å²) in [5, 5.41) is 8.38. The molecule has 0 saturated heterocycles. The molecule has 1 unspecified atom stereocenters. The van der Waals surface area contributed by atoms with Crippen LogP contribution in [-0.2, 0) is 4.79 Å². The molecule has 2 amide bonds. The molecule has 0 radical (unpaired) electrons. The van der Waals surface area contributed by atoms with Crippen LogP contribution in [0.1, 0.15) is 16.8 Å². The Labute approximate surface area is 186 Å². The number of carbonyl (C=O) groups excluding carboxylic acids is 2. The van der Waals surface area contributed by atoms with Crippen LogP contribution >= 0.6 is 46.3 Å². The highest BCUT2D eigenvalue weighted by atomic mass is 35.5. The normalized spacial score (nSPS) is 11.8. The van der Waals surface area contributed by atoms with Crippen molar-refractivity contribution < 1.29 is 14.0 Å². The van der Waals surface area contributed by atoms with Gasteiger partial charge in [0.15, 0.2) is 10.9 Å². The van der Waals surface area contributed by atoms with Gasteiger partial charge in [-0.15, -0.1) is 11.3 Å². The molecule has 10 heteroatoms. The summed E-state index contributed by atoms with van der Waals surface area (Å²) in [6.45, 7) is 0. The molecule has 0 aliphatic rings. The number of anilines is 1. The number of thiazole rings is 1. The number of aromatic nitrogens is 1. The van der Waals surface area contributed by atoms with Crippen LogP contribution in [0.5, 0.6) is 0 Å². The first-order valence-electron chi connectivity index (χ1n) is 8.53. The highest BCUT2D eigenvalue weighted by Crippen LogP contribution is 2.25. The largest absolute Gasteiger partial charge is 0.463 e. The first-order valence-corrected chi connectivity index (χ1v) is 11.6. The van der Waals surface area contributed by atoms with Crippen molar-refractivity contribution in [2.75, 3.05) is 17.3 Å². The summed E-state index contributed by atoms with van der Waals surface area (Å²) >= 11 is 14.8. The number of furan rings is 1. The number of nitrogens with zero attached hydrogens (tertiary/aromatic N) is 1. The summed E-state index contributed by atoms with van der Waals surface area (Å²) in [5.41, 5.74) is 0.889. The summed E-state index contributed by atoms with van der Waals surface area (Å²) in [5.74, 6) is 0.523. The van der Waals surface area contributed by atoms with Crippen molar-refractivity contribution in [2.45, 2.75) is 12.5 Å². The van der Waals surface area contributed by atoms with E-state index in [0.29, 0.717) is 33.8 Å². The molecule has 2 N–H and O–H groups in total. The van der Waals surface area contributed by atoms with Crippen LogP contribution < -0.4 is 10.6 Å². The molecule has 1 atom stereocenters. The van der Waals surface area contributed by atoms with Crippen LogP contribution in [0.2, 0.25) is 10.0 Å². The highest BCUT2D eigenvalue weighted by Gasteiger charge is 2.23. The van der Waals surface area contributed by atoms with Crippen molar-refractivity contribution in [3.8, 4) is 11.5 Å². The predicted octanol–water partition coefficient (Wildman–Crippen LogP) is 5.20. The number of hydrogen-bond donors (Lipinski definition) is 2. The van der Waals surface area contributed by atoms with Crippen LogP contribution in [0.3, 0.4) is 0 Å². The zero-order valence-electron chi connectivity index (χ0n) is 15.3. The molecule has 3 aromatic rings. The lowest BCUT2D eigenvalue weighted by Crippen LogP contribution is -2.44. The molecule has 152 valence electrons. The Balaban J connectivity index is 1.70. The van der Waals surface area contributed by atoms with Gasteiger partial charge in [0, 0.05) is 10.4 Å². The van der Waals surface area contributed by atoms with Gasteiger partial charge in [0.25, 0.3) is 5.91 Å². The number of nitrogens with one attached hydrogen (secondary N) is 2. The molecule has 2 aromatic heterocycles. The smallest absolute Gasteiger partial charge is 0.253 e. The van der Waals surface area contributed by atoms with Gasteiger partial charge >= 0.3 is 0 Å². The molecule has 0 aliphatic carbocycles. The molecule has 3 rings (SSSR count). The molecular formula is C19H17Cl2N3O3S2. The Morgan fingerprint density at radius 2 is 2.14 bits per heavy atom. The Morgan fingerprint density at radius 1 is 1.31 bits per heavy atom. The van der Waals surface area contributed by atoms with E-state index in [-0.39, 0.29) is 16.5 Å². The Kier molecular flexibility index (Phi) is 7.60. The van der Waals surface area contributed by atoms with Gasteiger partial charge in [-0.2, -0.15) is 11.8 Å². The van der Waals surface area contributed by atoms with E-state index in [1.165, 1.54) is 23.5 Å². The van der Waals surface area contributed by atoms with Crippen molar-refractivity contribution >= 4 is 63.2 Å². The van der Waals surface area contributed by atoms with Crippen LogP contribution in [0.15, 0.2) is 46.4 Å². The average Bonchev–Trinajstić information content (AvgIpc) is 3.36. The van der Waals surface area contributed by atoms with Gasteiger partial charge in [-0.25, -0.2) is 4.98 Å². The highest BCUT2D eigenvalue weighted by molar-refractivity contribution is 7.98. The number of rotatable bonds is 8. The number of hydrogen-bond acceptors (Lipinski definition) is 6. The van der Waals surface area contributed by atoms with Crippen LogP contribution in [-0.4, -0.2) is 34.8 Å². The quantitative estimate of drug-likeness (QED) is 0.473. The van der Waals surface area contributed by atoms with Crippen molar-refractivity contribution in [2.24, 2.45) is 0 Å². The maximum atomic E-state index is 12.8. The van der Waals surface area contributed by atoms with Crippen molar-refractivity contribution in [3.05, 3.63) is 57.6 Å². The van der Waals surface area contributed by atoms with Gasteiger partial charge in [0.05, 0.1) is 16.8 Å². The minimum atomic E-state index is -0.738. The number of halogens is 2. The summed E-state index contributed by atoms with van der Waals surface area (Å²) < 4.78 is 5.31. The molecule has 0 fully saturated rings. The summed E-state index contributed by atoms with van der Waals surface area (Å²) in [6.07, 6.45) is 3.95. The Morgan fingerprint density at radius 3 is 2.83 bits per heavy atom. The van der Waals surface area contributed by atoms with E-state index in [9.17, 15) is 9.59 Å². The second-order valence-corrected chi connectivity index (χ2v) is 8.62. The molecule has 2 heterocycles. The van der Waals surface area contributed by atoms with E-state index >= 15 is 0 Å². The van der Waals surface area contributed by atoms with E-state index in [0.717, 1.165) is 0 Å². The van der Waals surface area contributed by atoms with Gasteiger partial charge in [-0.05, 0) is 48.8 Å². The van der Waals surface area contributed by atoms with Gasteiger partial charge in [-0.3, -0.25) is 9.59 Å². The molecule has 29 heavy (non-hydrogen) atoms. The van der Waals surface area contributed by atoms with E-state index in [1.807, 2.05) is 6.26 Å². The summed E-state index contributed by atoms with van der Waals surface area (Å²) in [6, 6.07) is 7.41. The van der Waals surface area contributed by atoms with Gasteiger partial charge in [-0.1, -0.05) is 23.2 Å². The van der Waals surface area contributed by atoms with Crippen molar-refractivity contribution in [3.63, 3.8) is 0 Å². The number of thioether (sulfide) groups is 1. The van der Waals surface area contributed by atoms with Crippen LogP contribution in [0, 0.1) is 0 Å². The fourth-order valence-electron chi connectivity index (χ4n) is 2.48. The van der Waals surface area contributed by atoms with E-state index in [4.69, 9.17) is 27.6 Å². The first kappa shape index (κ1) is 21.7. The zero-order valence-corrected chi connectivity index (χ0v) is 18.4. The van der Waals surface area contributed by atoms with Gasteiger partial charge in [0.2, 0.25) is 5.91 Å². The number of carbonyl (C=O) groups is 2. The monoisotopic (exact) mass is 469 g/mol. The first-order chi connectivity index (χ1) is 14.0. The van der Waals surface area contributed by atoms with Crippen LogP contribution in [0.25, 0.3) is 11.5 Å². The van der Waals surface area contributed by atoms with Crippen molar-refractivity contribution in [1.29, 1.82) is 0 Å². The number of amides is 2. The molecule has 0 saturated carbocycles. The topological polar surface area (TPSA) is 84.2 Å². The fourth-order valence-corrected chi connectivity index (χ4v) is 4.14. The maximum Gasteiger partial charge on any atom is 0.253 e. The second-order valence-electron chi connectivity index (χ2n) is 5.94. The Hall–Kier alpha value is -2.00. The summed E-state index contributed by atoms with van der Waals surface area (Å²) in [4.78, 5) is 29.7. The number of benzene rings is 1. The van der Waals surface area contributed by atoms with E-state index < -0.39 is 11.9 Å². The van der Waals surface area contributed by atoms with E-state index in [2.05, 4.69) is 15.6 Å². The molecular weight excluding hydrogens is 453 g/mol. The third-order valence-corrected chi connectivity index (χ3v) is 5.87. The SMILES string of the molecule is CSCCC(NC(=O)c1ccc(Cl)cc1Cl)C(=O)Nc1nc(-c2ccco2)cs1. The molecule has 1 aromatic carbocycles. The average molecular weight is 470 g/mol. The zero-order chi connectivity index (χ0) is 20.8. The van der Waals surface area contributed by atoms with Gasteiger partial charge in [0.1, 0.15) is 11.7 Å². The lowest BCUT2D eigenvalue weighted by atomic mass is 10.1. The Bertz CT molecular complexity index is 993. The molecule has 0 aliphatic heterocycles. The third-order valence-electron chi connectivity index (χ3n) is 3.92. The minimum Gasteiger partial charge on any atom is -0.463 e. The minimum absolute atomic E-state index is 0.224. The van der Waals surface area contributed by atoms with Crippen LogP contribution in [0.4, 0.5) is 5.13 Å². The standard InChI is InChI=1S/C19H17Cl2N3O3S2/c1-28-8-6-14(22-17(25)12-5-4-11(20)9-13(12)21)18(26)24-19-23-15(10-29-19)16-3-2-7-27-16/h2-5,7,9-10,14H,6,8H2,1H3,(H,22,25)(H,23,24,26).